The van der Waals surface area contributed by atoms with E-state index in [0.717, 1.165) is 58.2 Å². The standard InChI is InChI=1S/C42H46N2O7/c1-48-38-20-27(8-12-36(38)47)42-40(50-24-44-29-5-3-2-4-6-29)22-33-34-19-28(18-25-7-11-35-26(17-25)13-14-43-35)32-21-30(46)9-10-31(32)41(34)39(49-16-15-45)23-37(33)51-42/h7-14,17,20-21,23,28-29,40,42-47H,2-6,15-16,18-19,22,24H2,1H3/t28-,40-,42-/m1/s1. The lowest BCUT2D eigenvalue weighted by molar-refractivity contribution is -0.0479. The average Bonchev–Trinajstić information content (AvgIpc) is 3.62. The molecule has 0 saturated heterocycles. The van der Waals surface area contributed by atoms with Crippen molar-refractivity contribution in [2.24, 2.45) is 0 Å². The van der Waals surface area contributed by atoms with E-state index in [1.165, 1.54) is 30.2 Å². The van der Waals surface area contributed by atoms with Crippen LogP contribution in [0, 0.1) is 0 Å². The predicted octanol–water partition coefficient (Wildman–Crippen LogP) is 7.45. The van der Waals surface area contributed by atoms with Crippen LogP contribution in [0.4, 0.5) is 0 Å². The summed E-state index contributed by atoms with van der Waals surface area (Å²) >= 11 is 0. The Bertz CT molecular complexity index is 2020. The molecule has 2 heterocycles. The Labute approximate surface area is 298 Å². The van der Waals surface area contributed by atoms with Gasteiger partial charge in [-0.15, -0.1) is 0 Å². The number of aliphatic hydroxyl groups is 1. The molecule has 3 aliphatic rings. The molecule has 51 heavy (non-hydrogen) atoms. The molecule has 0 spiro atoms. The van der Waals surface area contributed by atoms with Gasteiger partial charge in [-0.3, -0.25) is 5.32 Å². The van der Waals surface area contributed by atoms with Crippen molar-refractivity contribution in [2.75, 3.05) is 27.1 Å². The third kappa shape index (κ3) is 6.73. The van der Waals surface area contributed by atoms with Crippen LogP contribution in [0.2, 0.25) is 0 Å². The molecule has 9 nitrogen and oxygen atoms in total. The summed E-state index contributed by atoms with van der Waals surface area (Å²) < 4.78 is 25.4. The summed E-state index contributed by atoms with van der Waals surface area (Å²) in [4.78, 5) is 3.29. The van der Waals surface area contributed by atoms with Crippen LogP contribution in [-0.4, -0.2) is 59.5 Å². The molecule has 2 aliphatic carbocycles. The molecule has 1 fully saturated rings. The van der Waals surface area contributed by atoms with Crippen molar-refractivity contribution < 1.29 is 34.3 Å². The molecule has 1 aromatic heterocycles. The number of phenolic OH excluding ortho intramolecular Hbond substituents is 2. The Morgan fingerprint density at radius 1 is 0.902 bits per heavy atom. The highest BCUT2D eigenvalue weighted by Gasteiger charge is 2.39. The lowest BCUT2D eigenvalue weighted by Gasteiger charge is -2.38. The number of benzene rings is 4. The van der Waals surface area contributed by atoms with Crippen LogP contribution in [-0.2, 0) is 24.0 Å². The molecule has 266 valence electrons. The first-order valence-electron chi connectivity index (χ1n) is 18.2. The number of phenols is 2. The largest absolute Gasteiger partial charge is 0.508 e. The van der Waals surface area contributed by atoms with Gasteiger partial charge in [-0.25, -0.2) is 0 Å². The zero-order valence-corrected chi connectivity index (χ0v) is 29.0. The van der Waals surface area contributed by atoms with Gasteiger partial charge in [0.1, 0.15) is 30.0 Å². The topological polar surface area (TPSA) is 125 Å². The molecular formula is C42H46N2O7. The van der Waals surface area contributed by atoms with E-state index < -0.39 is 6.10 Å². The molecule has 0 bridgehead atoms. The first-order chi connectivity index (χ1) is 25.0. The SMILES string of the molecule is COc1cc([C@H]2Oc3cc(OCCO)c4c(c3C[C@H]2OCNC2CCCCC2)C[C@@H](Cc2ccc3[nH]ccc3c2)c2cc(O)ccc2-4)ccc1O. The minimum Gasteiger partial charge on any atom is -0.508 e. The Kier molecular flexibility index (Phi) is 9.51. The highest BCUT2D eigenvalue weighted by Crippen LogP contribution is 2.52. The van der Waals surface area contributed by atoms with Gasteiger partial charge in [-0.2, -0.15) is 0 Å². The number of rotatable bonds is 11. The molecule has 5 aromatic rings. The number of aromatic nitrogens is 1. The number of hydrogen-bond acceptors (Lipinski definition) is 8. The Hall–Kier alpha value is -4.70. The molecule has 3 atom stereocenters. The van der Waals surface area contributed by atoms with Gasteiger partial charge < -0.3 is 39.3 Å². The first-order valence-corrected chi connectivity index (χ1v) is 18.2. The number of aromatic hydroxyl groups is 2. The number of H-pyrrole nitrogens is 1. The van der Waals surface area contributed by atoms with E-state index in [9.17, 15) is 15.3 Å². The molecule has 8 rings (SSSR count). The van der Waals surface area contributed by atoms with E-state index >= 15 is 0 Å². The maximum absolute atomic E-state index is 10.7. The quantitative estimate of drug-likeness (QED) is 0.0906. The second-order valence-corrected chi connectivity index (χ2v) is 14.1. The van der Waals surface area contributed by atoms with Crippen molar-refractivity contribution in [1.29, 1.82) is 0 Å². The van der Waals surface area contributed by atoms with Gasteiger partial charge in [0.2, 0.25) is 0 Å². The van der Waals surface area contributed by atoms with Crippen LogP contribution >= 0.6 is 0 Å². The molecule has 1 aliphatic heterocycles. The normalized spacial score (nSPS) is 19.9. The van der Waals surface area contributed by atoms with E-state index in [0.29, 0.717) is 42.9 Å². The summed E-state index contributed by atoms with van der Waals surface area (Å²) in [5, 5.41) is 35.7. The Morgan fingerprint density at radius 3 is 2.63 bits per heavy atom. The number of hydrogen-bond donors (Lipinski definition) is 5. The van der Waals surface area contributed by atoms with E-state index in [-0.39, 0.29) is 36.7 Å². The second-order valence-electron chi connectivity index (χ2n) is 14.1. The fourth-order valence-corrected chi connectivity index (χ4v) is 8.41. The monoisotopic (exact) mass is 690 g/mol. The summed E-state index contributed by atoms with van der Waals surface area (Å²) in [6.07, 6.45) is 9.34. The van der Waals surface area contributed by atoms with Crippen LogP contribution in [0.5, 0.6) is 28.7 Å². The van der Waals surface area contributed by atoms with Crippen LogP contribution in [0.15, 0.2) is 72.9 Å². The van der Waals surface area contributed by atoms with Gasteiger partial charge in [-0.1, -0.05) is 37.5 Å². The third-order valence-corrected chi connectivity index (χ3v) is 10.9. The zero-order chi connectivity index (χ0) is 34.9. The Morgan fingerprint density at radius 2 is 1.78 bits per heavy atom. The summed E-state index contributed by atoms with van der Waals surface area (Å²) in [5.41, 5.74) is 8.44. The van der Waals surface area contributed by atoms with Crippen LogP contribution in [0.1, 0.15) is 71.9 Å². The maximum Gasteiger partial charge on any atom is 0.160 e. The van der Waals surface area contributed by atoms with Gasteiger partial charge in [-0.05, 0) is 107 Å². The fraction of sp³-hybridized carbons (Fsp3) is 0.381. The van der Waals surface area contributed by atoms with Crippen molar-refractivity contribution >= 4 is 10.9 Å². The summed E-state index contributed by atoms with van der Waals surface area (Å²) in [6.45, 7) is 0.418. The molecule has 5 N–H and O–H groups in total. The van der Waals surface area contributed by atoms with Crippen LogP contribution in [0.3, 0.4) is 0 Å². The lowest BCUT2D eigenvalue weighted by atomic mass is 9.73. The van der Waals surface area contributed by atoms with Crippen molar-refractivity contribution in [1.82, 2.24) is 10.3 Å². The lowest BCUT2D eigenvalue weighted by Crippen LogP contribution is -2.39. The molecule has 0 amide bonds. The van der Waals surface area contributed by atoms with Gasteiger partial charge >= 0.3 is 0 Å². The smallest absolute Gasteiger partial charge is 0.160 e. The maximum atomic E-state index is 10.7. The minimum atomic E-state index is -0.472. The molecule has 1 saturated carbocycles. The number of aliphatic hydroxyl groups excluding tert-OH is 1. The highest BCUT2D eigenvalue weighted by atomic mass is 16.6. The fourth-order valence-electron chi connectivity index (χ4n) is 8.41. The van der Waals surface area contributed by atoms with Gasteiger partial charge in [0, 0.05) is 41.4 Å². The van der Waals surface area contributed by atoms with Crippen molar-refractivity contribution in [3.8, 4) is 39.9 Å². The first kappa shape index (κ1) is 33.4. The minimum absolute atomic E-state index is 0.0639. The summed E-state index contributed by atoms with van der Waals surface area (Å²) in [5.74, 6) is 2.10. The Balaban J connectivity index is 1.20. The van der Waals surface area contributed by atoms with E-state index in [1.807, 2.05) is 36.5 Å². The molecule has 4 aromatic carbocycles. The summed E-state index contributed by atoms with van der Waals surface area (Å²) in [6, 6.07) is 22.0. The van der Waals surface area contributed by atoms with E-state index in [4.69, 9.17) is 18.9 Å². The zero-order valence-electron chi connectivity index (χ0n) is 29.0. The van der Waals surface area contributed by atoms with Gasteiger partial charge in [0.05, 0.1) is 20.4 Å². The summed E-state index contributed by atoms with van der Waals surface area (Å²) in [7, 11) is 1.54. The number of nitrogens with one attached hydrogen (secondary N) is 2. The number of ether oxygens (including phenoxy) is 4. The van der Waals surface area contributed by atoms with Gasteiger partial charge in [0.25, 0.3) is 0 Å². The van der Waals surface area contributed by atoms with Crippen molar-refractivity contribution in [3.05, 3.63) is 101 Å². The number of methoxy groups -OCH3 is 1. The van der Waals surface area contributed by atoms with Crippen LogP contribution in [0.25, 0.3) is 22.0 Å². The average molecular weight is 691 g/mol. The molecule has 9 heteroatoms. The number of aromatic amines is 1. The molecule has 0 unspecified atom stereocenters. The van der Waals surface area contributed by atoms with Gasteiger partial charge in [0.15, 0.2) is 17.6 Å². The predicted molar refractivity (Wildman–Crippen MR) is 196 cm³/mol. The van der Waals surface area contributed by atoms with Crippen molar-refractivity contribution in [3.63, 3.8) is 0 Å². The van der Waals surface area contributed by atoms with E-state index in [1.54, 1.807) is 19.2 Å². The number of fused-ring (bicyclic) bond motifs is 6. The molecular weight excluding hydrogens is 644 g/mol. The van der Waals surface area contributed by atoms with Crippen molar-refractivity contribution in [2.45, 2.75) is 75.5 Å². The van der Waals surface area contributed by atoms with E-state index in [2.05, 4.69) is 34.6 Å². The molecule has 0 radical (unpaired) electrons. The second kappa shape index (κ2) is 14.5. The third-order valence-electron chi connectivity index (χ3n) is 10.9. The van der Waals surface area contributed by atoms with Crippen LogP contribution < -0.4 is 19.5 Å². The highest BCUT2D eigenvalue weighted by molar-refractivity contribution is 5.83.